The Morgan fingerprint density at radius 2 is 1.00 bits per heavy atom. The van der Waals surface area contributed by atoms with Crippen molar-refractivity contribution < 1.29 is 19.1 Å². The summed E-state index contributed by atoms with van der Waals surface area (Å²) in [6, 6.07) is 0. The van der Waals surface area contributed by atoms with Crippen molar-refractivity contribution in [1.82, 2.24) is 9.80 Å². The topological polar surface area (TPSA) is 59.1 Å². The smallest absolute Gasteiger partial charge is 0.330 e. The first-order chi connectivity index (χ1) is 17.0. The molecule has 0 bridgehead atoms. The third-order valence-electron chi connectivity index (χ3n) is 7.91. The average Bonchev–Trinajstić information content (AvgIpc) is 2.74. The van der Waals surface area contributed by atoms with Gasteiger partial charge in [-0.15, -0.1) is 0 Å². The quantitative estimate of drug-likeness (QED) is 0.249. The third-order valence-corrected chi connectivity index (χ3v) is 7.91. The van der Waals surface area contributed by atoms with Crippen molar-refractivity contribution in [1.29, 1.82) is 0 Å². The molecule has 0 aliphatic carbocycles. The van der Waals surface area contributed by atoms with Crippen LogP contribution in [0.15, 0.2) is 25.3 Å². The third kappa shape index (κ3) is 9.55. The molecule has 2 rings (SSSR count). The molecule has 2 heterocycles. The van der Waals surface area contributed by atoms with Crippen molar-refractivity contribution in [2.45, 2.75) is 149 Å². The summed E-state index contributed by atoms with van der Waals surface area (Å²) in [6.45, 7) is 31.5. The fraction of sp³-hybridized carbons (Fsp3) is 0.806. The molecule has 0 unspecified atom stereocenters. The number of piperidine rings is 2. The number of nitrogens with zero attached hydrogens (tertiary/aromatic N) is 2. The molecule has 0 aromatic rings. The van der Waals surface area contributed by atoms with Gasteiger partial charge in [-0.2, -0.15) is 0 Å². The molecule has 0 aromatic carbocycles. The molecule has 0 amide bonds. The lowest BCUT2D eigenvalue weighted by Crippen LogP contribution is -2.62. The van der Waals surface area contributed by atoms with Crippen LogP contribution >= 0.6 is 0 Å². The number of carbonyl (C=O) groups excluding carboxylic acids is 2. The minimum absolute atomic E-state index is 0.00592. The standard InChI is InChI=1S/C16H29NO2.C15H27NO2/c1-7-9-10-17-15(3,4)11-13(12-16(17,5)6)19-14(18)8-2;1-7-9-16-14(3,4)10-12(11-15(16,5)6)18-13(17)8-2/h8,13H,2,7,9-12H2,1,3-6H3;8,12H,2,7,9-11H2,1,3-6H3. The van der Waals surface area contributed by atoms with E-state index in [0.717, 1.165) is 45.2 Å². The molecule has 0 N–H and O–H groups in total. The van der Waals surface area contributed by atoms with Crippen LogP contribution in [0, 0.1) is 0 Å². The van der Waals surface area contributed by atoms with E-state index in [-0.39, 0.29) is 46.3 Å². The number of ether oxygens (including phenoxy) is 2. The minimum atomic E-state index is -0.310. The zero-order valence-corrected chi connectivity index (χ0v) is 25.6. The normalized spacial score (nSPS) is 23.3. The Morgan fingerprint density at radius 3 is 1.27 bits per heavy atom. The van der Waals surface area contributed by atoms with Crippen molar-refractivity contribution in [3.8, 4) is 0 Å². The lowest BCUT2D eigenvalue weighted by Gasteiger charge is -2.55. The maximum Gasteiger partial charge on any atom is 0.330 e. The highest BCUT2D eigenvalue weighted by Gasteiger charge is 2.47. The molecule has 6 heteroatoms. The molecule has 2 fully saturated rings. The van der Waals surface area contributed by atoms with E-state index in [1.54, 1.807) is 0 Å². The van der Waals surface area contributed by atoms with Crippen molar-refractivity contribution in [3.63, 3.8) is 0 Å². The van der Waals surface area contributed by atoms with E-state index in [4.69, 9.17) is 9.47 Å². The van der Waals surface area contributed by atoms with Crippen molar-refractivity contribution in [3.05, 3.63) is 25.3 Å². The molecule has 2 aliphatic heterocycles. The second-order valence-corrected chi connectivity index (χ2v) is 13.2. The van der Waals surface area contributed by atoms with Crippen LogP contribution in [0.5, 0.6) is 0 Å². The van der Waals surface area contributed by atoms with Gasteiger partial charge in [-0.3, -0.25) is 9.80 Å². The van der Waals surface area contributed by atoms with E-state index in [0.29, 0.717) is 0 Å². The minimum Gasteiger partial charge on any atom is -0.459 e. The highest BCUT2D eigenvalue weighted by Crippen LogP contribution is 2.40. The summed E-state index contributed by atoms with van der Waals surface area (Å²) in [6.07, 6.45) is 9.60. The molecule has 0 aromatic heterocycles. The molecule has 2 saturated heterocycles. The summed E-state index contributed by atoms with van der Waals surface area (Å²) in [5, 5.41) is 0. The summed E-state index contributed by atoms with van der Waals surface area (Å²) in [4.78, 5) is 27.9. The van der Waals surface area contributed by atoms with Crippen molar-refractivity contribution in [2.24, 2.45) is 0 Å². The van der Waals surface area contributed by atoms with Crippen LogP contribution in [0.4, 0.5) is 0 Å². The van der Waals surface area contributed by atoms with Crippen LogP contribution in [-0.2, 0) is 19.1 Å². The highest BCUT2D eigenvalue weighted by atomic mass is 16.5. The fourth-order valence-electron chi connectivity index (χ4n) is 6.79. The number of likely N-dealkylation sites (tertiary alicyclic amines) is 2. The van der Waals surface area contributed by atoms with Crippen LogP contribution in [0.2, 0.25) is 0 Å². The van der Waals surface area contributed by atoms with Gasteiger partial charge in [0.05, 0.1) is 0 Å². The van der Waals surface area contributed by atoms with Gasteiger partial charge in [0.15, 0.2) is 0 Å². The van der Waals surface area contributed by atoms with Gasteiger partial charge in [-0.1, -0.05) is 33.4 Å². The molecular formula is C31H56N2O4. The van der Waals surface area contributed by atoms with E-state index >= 15 is 0 Å². The largest absolute Gasteiger partial charge is 0.459 e. The van der Waals surface area contributed by atoms with E-state index in [9.17, 15) is 9.59 Å². The van der Waals surface area contributed by atoms with Crippen LogP contribution < -0.4 is 0 Å². The van der Waals surface area contributed by atoms with Gasteiger partial charge in [0, 0.05) is 60.0 Å². The zero-order valence-electron chi connectivity index (χ0n) is 25.6. The number of carbonyl (C=O) groups is 2. The number of unbranched alkanes of at least 4 members (excludes halogenated alkanes) is 1. The number of hydrogen-bond donors (Lipinski definition) is 0. The Morgan fingerprint density at radius 1 is 0.676 bits per heavy atom. The summed E-state index contributed by atoms with van der Waals surface area (Å²) < 4.78 is 10.9. The Balaban J connectivity index is 0.000000371. The predicted molar refractivity (Wildman–Crippen MR) is 154 cm³/mol. The summed E-state index contributed by atoms with van der Waals surface area (Å²) in [7, 11) is 0. The van der Waals surface area contributed by atoms with Crippen LogP contribution in [0.3, 0.4) is 0 Å². The molecule has 0 spiro atoms. The first-order valence-corrected chi connectivity index (χ1v) is 14.2. The monoisotopic (exact) mass is 520 g/mol. The first-order valence-electron chi connectivity index (χ1n) is 14.2. The summed E-state index contributed by atoms with van der Waals surface area (Å²) in [5.74, 6) is -0.617. The van der Waals surface area contributed by atoms with E-state index in [1.807, 2.05) is 0 Å². The lowest BCUT2D eigenvalue weighted by molar-refractivity contribution is -0.155. The van der Waals surface area contributed by atoms with Crippen molar-refractivity contribution in [2.75, 3.05) is 13.1 Å². The van der Waals surface area contributed by atoms with Gasteiger partial charge >= 0.3 is 11.9 Å². The van der Waals surface area contributed by atoms with Gasteiger partial charge in [-0.05, 0) is 81.3 Å². The molecular weight excluding hydrogens is 464 g/mol. The fourth-order valence-corrected chi connectivity index (χ4v) is 6.79. The number of esters is 2. The zero-order chi connectivity index (χ0) is 28.7. The highest BCUT2D eigenvalue weighted by molar-refractivity contribution is 5.81. The van der Waals surface area contributed by atoms with Gasteiger partial charge < -0.3 is 9.47 Å². The number of rotatable bonds is 9. The van der Waals surface area contributed by atoms with Gasteiger partial charge in [-0.25, -0.2) is 9.59 Å². The van der Waals surface area contributed by atoms with E-state index in [1.165, 1.54) is 25.0 Å². The predicted octanol–water partition coefficient (Wildman–Crippen LogP) is 6.68. The van der Waals surface area contributed by atoms with Crippen LogP contribution in [-0.4, -0.2) is 69.2 Å². The van der Waals surface area contributed by atoms with E-state index in [2.05, 4.69) is 92.2 Å². The summed E-state index contributed by atoms with van der Waals surface area (Å²) >= 11 is 0. The Labute approximate surface area is 227 Å². The molecule has 0 saturated carbocycles. The summed E-state index contributed by atoms with van der Waals surface area (Å²) in [5.41, 5.74) is 0.236. The second kappa shape index (κ2) is 13.4. The van der Waals surface area contributed by atoms with Crippen LogP contribution in [0.25, 0.3) is 0 Å². The second-order valence-electron chi connectivity index (χ2n) is 13.2. The SMILES string of the molecule is C=CC(=O)OC1CC(C)(C)N(CCC)C(C)(C)C1.C=CC(=O)OC1CC(C)(C)N(CCCC)C(C)(C)C1. The van der Waals surface area contributed by atoms with Gasteiger partial charge in [0.1, 0.15) is 12.2 Å². The average molecular weight is 521 g/mol. The molecule has 37 heavy (non-hydrogen) atoms. The lowest BCUT2D eigenvalue weighted by atomic mass is 9.78. The first kappa shape index (κ1) is 33.4. The molecule has 6 nitrogen and oxygen atoms in total. The molecule has 2 aliphatic rings. The Kier molecular flexibility index (Phi) is 12.1. The van der Waals surface area contributed by atoms with Gasteiger partial charge in [0.25, 0.3) is 0 Å². The molecule has 0 atom stereocenters. The Bertz CT molecular complexity index is 748. The molecule has 214 valence electrons. The maximum atomic E-state index is 11.4. The molecule has 0 radical (unpaired) electrons. The van der Waals surface area contributed by atoms with E-state index < -0.39 is 0 Å². The maximum absolute atomic E-state index is 11.4. The number of hydrogen-bond acceptors (Lipinski definition) is 6. The van der Waals surface area contributed by atoms with Gasteiger partial charge in [0.2, 0.25) is 0 Å². The van der Waals surface area contributed by atoms with Crippen LogP contribution in [0.1, 0.15) is 114 Å². The van der Waals surface area contributed by atoms with Crippen molar-refractivity contribution >= 4 is 11.9 Å². The Hall–Kier alpha value is -1.66.